The van der Waals surface area contributed by atoms with Gasteiger partial charge in [-0.15, -0.1) is 0 Å². The topological polar surface area (TPSA) is 59.9 Å². The van der Waals surface area contributed by atoms with Crippen molar-refractivity contribution in [3.8, 4) is 16.9 Å². The van der Waals surface area contributed by atoms with Gasteiger partial charge in [0.1, 0.15) is 11.4 Å². The third-order valence-corrected chi connectivity index (χ3v) is 4.70. The molecule has 29 heavy (non-hydrogen) atoms. The number of pyridine rings is 1. The van der Waals surface area contributed by atoms with Crippen molar-refractivity contribution in [3.63, 3.8) is 0 Å². The van der Waals surface area contributed by atoms with Crippen LogP contribution in [0, 0.1) is 0 Å². The van der Waals surface area contributed by atoms with Crippen LogP contribution < -0.4 is 10.3 Å². The predicted molar refractivity (Wildman–Crippen MR) is 103 cm³/mol. The first kappa shape index (κ1) is 18.8. The first-order valence-corrected chi connectivity index (χ1v) is 8.74. The van der Waals surface area contributed by atoms with E-state index in [0.29, 0.717) is 28.6 Å². The summed E-state index contributed by atoms with van der Waals surface area (Å²) in [5.41, 5.74) is 0.0439. The van der Waals surface area contributed by atoms with Gasteiger partial charge in [-0.05, 0) is 46.8 Å². The number of halogens is 3. The van der Waals surface area contributed by atoms with E-state index in [1.165, 1.54) is 6.07 Å². The fourth-order valence-electron chi connectivity index (χ4n) is 3.27. The molecule has 148 valence electrons. The van der Waals surface area contributed by atoms with Crippen LogP contribution in [0.2, 0.25) is 0 Å². The lowest BCUT2D eigenvalue weighted by Gasteiger charge is -2.10. The Morgan fingerprint density at radius 3 is 2.72 bits per heavy atom. The van der Waals surface area contributed by atoms with E-state index in [2.05, 4.69) is 5.10 Å². The van der Waals surface area contributed by atoms with Gasteiger partial charge in [0.15, 0.2) is 0 Å². The van der Waals surface area contributed by atoms with E-state index in [0.717, 1.165) is 11.8 Å². The highest BCUT2D eigenvalue weighted by molar-refractivity contribution is 5.87. The average molecular weight is 399 g/mol. The maximum atomic E-state index is 13.1. The smallest absolute Gasteiger partial charge is 0.433 e. The number of methoxy groups -OCH3 is 1. The summed E-state index contributed by atoms with van der Waals surface area (Å²) in [7, 11) is 1.57. The zero-order valence-electron chi connectivity index (χ0n) is 15.3. The number of aromatic amines is 1. The standard InChI is InChI=1S/C21H16F3N3O2/c1-29-16-4-2-3-13(9-16)12-27-8-7-15-10-14(5-6-17(15)20(27)28)18-11-25-26-19(18)21(22,23)24/h2-11H,12H2,1H3,(H,25,26). The molecule has 0 saturated heterocycles. The highest BCUT2D eigenvalue weighted by Crippen LogP contribution is 2.36. The maximum Gasteiger partial charge on any atom is 0.433 e. The van der Waals surface area contributed by atoms with Crippen LogP contribution in [0.25, 0.3) is 21.9 Å². The molecule has 0 saturated carbocycles. The molecule has 4 aromatic rings. The van der Waals surface area contributed by atoms with E-state index >= 15 is 0 Å². The van der Waals surface area contributed by atoms with Gasteiger partial charge in [0, 0.05) is 17.1 Å². The van der Waals surface area contributed by atoms with Gasteiger partial charge in [-0.2, -0.15) is 18.3 Å². The van der Waals surface area contributed by atoms with Crippen molar-refractivity contribution in [2.75, 3.05) is 7.11 Å². The van der Waals surface area contributed by atoms with Crippen molar-refractivity contribution >= 4 is 10.8 Å². The van der Waals surface area contributed by atoms with Crippen molar-refractivity contribution in [2.24, 2.45) is 0 Å². The van der Waals surface area contributed by atoms with Crippen molar-refractivity contribution in [2.45, 2.75) is 12.7 Å². The fraction of sp³-hybridized carbons (Fsp3) is 0.143. The average Bonchev–Trinajstić information content (AvgIpc) is 3.21. The Kier molecular flexibility index (Phi) is 4.62. The molecule has 1 N–H and O–H groups in total. The summed E-state index contributed by atoms with van der Waals surface area (Å²) in [6.07, 6.45) is -1.77. The van der Waals surface area contributed by atoms with Crippen LogP contribution in [0.4, 0.5) is 13.2 Å². The maximum absolute atomic E-state index is 13.1. The van der Waals surface area contributed by atoms with Gasteiger partial charge in [0.2, 0.25) is 0 Å². The zero-order chi connectivity index (χ0) is 20.6. The third kappa shape index (κ3) is 3.61. The Morgan fingerprint density at radius 1 is 1.14 bits per heavy atom. The van der Waals surface area contributed by atoms with E-state index < -0.39 is 11.9 Å². The highest BCUT2D eigenvalue weighted by Gasteiger charge is 2.35. The van der Waals surface area contributed by atoms with Crippen LogP contribution in [0.3, 0.4) is 0 Å². The number of nitrogens with zero attached hydrogens (tertiary/aromatic N) is 2. The quantitative estimate of drug-likeness (QED) is 0.551. The lowest BCUT2D eigenvalue weighted by Crippen LogP contribution is -2.20. The molecule has 2 aromatic heterocycles. The minimum atomic E-state index is -4.54. The summed E-state index contributed by atoms with van der Waals surface area (Å²) >= 11 is 0. The summed E-state index contributed by atoms with van der Waals surface area (Å²) in [6.45, 7) is 0.355. The summed E-state index contributed by atoms with van der Waals surface area (Å²) in [6, 6.07) is 13.7. The Morgan fingerprint density at radius 2 is 1.97 bits per heavy atom. The van der Waals surface area contributed by atoms with E-state index in [4.69, 9.17) is 4.74 Å². The molecular weight excluding hydrogens is 383 g/mol. The monoisotopic (exact) mass is 399 g/mol. The van der Waals surface area contributed by atoms with Gasteiger partial charge in [-0.25, -0.2) is 0 Å². The number of aromatic nitrogens is 3. The lowest BCUT2D eigenvalue weighted by molar-refractivity contribution is -0.140. The first-order valence-electron chi connectivity index (χ1n) is 8.74. The van der Waals surface area contributed by atoms with Gasteiger partial charge in [0.25, 0.3) is 5.56 Å². The molecule has 0 spiro atoms. The van der Waals surface area contributed by atoms with Gasteiger partial charge in [0.05, 0.1) is 19.9 Å². The molecule has 0 amide bonds. The SMILES string of the molecule is COc1cccc(Cn2ccc3cc(-c4cn[nH]c4C(F)(F)F)ccc3c2=O)c1. The van der Waals surface area contributed by atoms with Gasteiger partial charge in [-0.1, -0.05) is 18.2 Å². The van der Waals surface area contributed by atoms with Crippen molar-refractivity contribution in [3.05, 3.63) is 82.5 Å². The summed E-state index contributed by atoms with van der Waals surface area (Å²) in [4.78, 5) is 12.8. The zero-order valence-corrected chi connectivity index (χ0v) is 15.3. The van der Waals surface area contributed by atoms with Crippen LogP contribution in [0.1, 0.15) is 11.3 Å². The molecule has 0 aliphatic carbocycles. The van der Waals surface area contributed by atoms with Crippen LogP contribution in [-0.4, -0.2) is 21.9 Å². The van der Waals surface area contributed by atoms with Crippen LogP contribution >= 0.6 is 0 Å². The van der Waals surface area contributed by atoms with Crippen LogP contribution in [0.5, 0.6) is 5.75 Å². The van der Waals surface area contributed by atoms with Crippen LogP contribution in [0.15, 0.2) is 65.7 Å². The molecule has 0 fully saturated rings. The number of benzene rings is 2. The first-order chi connectivity index (χ1) is 13.9. The molecule has 4 rings (SSSR count). The number of hydrogen-bond donors (Lipinski definition) is 1. The molecule has 0 atom stereocenters. The van der Waals surface area contributed by atoms with Gasteiger partial charge < -0.3 is 9.30 Å². The van der Waals surface area contributed by atoms with Crippen molar-refractivity contribution in [1.82, 2.24) is 14.8 Å². The third-order valence-electron chi connectivity index (χ3n) is 4.70. The number of hydrogen-bond acceptors (Lipinski definition) is 3. The highest BCUT2D eigenvalue weighted by atomic mass is 19.4. The summed E-state index contributed by atoms with van der Waals surface area (Å²) in [5.74, 6) is 0.696. The Hall–Kier alpha value is -3.55. The Bertz CT molecular complexity index is 1240. The number of nitrogens with one attached hydrogen (secondary N) is 1. The second-order valence-electron chi connectivity index (χ2n) is 6.56. The van der Waals surface area contributed by atoms with E-state index in [1.807, 2.05) is 29.4 Å². The van der Waals surface area contributed by atoms with Gasteiger partial charge >= 0.3 is 6.18 Å². The molecule has 0 bridgehead atoms. The molecule has 0 unspecified atom stereocenters. The molecule has 5 nitrogen and oxygen atoms in total. The molecule has 0 aliphatic heterocycles. The predicted octanol–water partition coefficient (Wildman–Crippen LogP) is 4.47. The lowest BCUT2D eigenvalue weighted by atomic mass is 10.0. The molecule has 2 aromatic carbocycles. The number of ether oxygens (including phenoxy) is 1. The molecule has 8 heteroatoms. The normalized spacial score (nSPS) is 11.7. The Balaban J connectivity index is 1.73. The van der Waals surface area contributed by atoms with E-state index in [-0.39, 0.29) is 11.1 Å². The number of fused-ring (bicyclic) bond motifs is 1. The molecular formula is C21H16F3N3O2. The second-order valence-corrected chi connectivity index (χ2v) is 6.56. The van der Waals surface area contributed by atoms with Crippen molar-refractivity contribution < 1.29 is 17.9 Å². The van der Waals surface area contributed by atoms with E-state index in [9.17, 15) is 18.0 Å². The minimum absolute atomic E-state index is 0.0556. The molecule has 2 heterocycles. The second kappa shape index (κ2) is 7.12. The van der Waals surface area contributed by atoms with Gasteiger partial charge in [-0.3, -0.25) is 9.89 Å². The molecule has 0 radical (unpaired) electrons. The summed E-state index contributed by atoms with van der Waals surface area (Å²) in [5, 5.41) is 6.50. The van der Waals surface area contributed by atoms with E-state index in [1.54, 1.807) is 36.1 Å². The number of alkyl halides is 3. The minimum Gasteiger partial charge on any atom is -0.497 e. The number of rotatable bonds is 4. The number of H-pyrrole nitrogens is 1. The summed E-state index contributed by atoms with van der Waals surface area (Å²) < 4.78 is 46.1. The van der Waals surface area contributed by atoms with Crippen molar-refractivity contribution in [1.29, 1.82) is 0 Å². The fourth-order valence-corrected chi connectivity index (χ4v) is 3.27. The largest absolute Gasteiger partial charge is 0.497 e. The molecule has 0 aliphatic rings. The Labute approximate surface area is 163 Å². The van der Waals surface area contributed by atoms with Crippen LogP contribution in [-0.2, 0) is 12.7 Å².